The maximum atomic E-state index is 13.3. The average molecular weight is 458 g/mol. The highest BCUT2D eigenvalue weighted by molar-refractivity contribution is 7.16. The number of carbonyl (C=O) groups excluding carboxylic acids is 3. The average Bonchev–Trinajstić information content (AvgIpc) is 2.96. The lowest BCUT2D eigenvalue weighted by molar-refractivity contribution is -0.138. The van der Waals surface area contributed by atoms with Gasteiger partial charge in [-0.25, -0.2) is 14.4 Å². The molecule has 0 aliphatic heterocycles. The first kappa shape index (κ1) is 24.4. The van der Waals surface area contributed by atoms with Gasteiger partial charge in [0, 0.05) is 5.56 Å². The molecular weight excluding hydrogens is 437 g/mol. The third kappa shape index (κ3) is 5.84. The van der Waals surface area contributed by atoms with Crippen molar-refractivity contribution in [3.05, 3.63) is 50.7 Å². The van der Waals surface area contributed by atoms with Crippen molar-refractivity contribution in [2.45, 2.75) is 53.0 Å². The molecule has 0 bridgehead atoms. The Morgan fingerprint density at radius 1 is 0.871 bits per heavy atom. The highest BCUT2D eigenvalue weighted by atomic mass is 32.1. The van der Waals surface area contributed by atoms with E-state index in [-0.39, 0.29) is 21.1 Å². The van der Waals surface area contributed by atoms with Crippen LogP contribution in [0, 0.1) is 6.92 Å². The first-order chi connectivity index (χ1) is 14.3. The van der Waals surface area contributed by atoms with Crippen LogP contribution in [0.2, 0.25) is 0 Å². The van der Waals surface area contributed by atoms with E-state index in [0.29, 0.717) is 11.3 Å². The molecule has 31 heavy (non-hydrogen) atoms. The summed E-state index contributed by atoms with van der Waals surface area (Å²) in [5.74, 6) is -3.29. The Labute approximate surface area is 180 Å². The molecule has 6 nitrogen and oxygen atoms in total. The maximum absolute atomic E-state index is 13.3. The molecule has 10 heteroatoms. The van der Waals surface area contributed by atoms with Crippen molar-refractivity contribution in [1.29, 1.82) is 0 Å². The molecule has 0 aliphatic carbocycles. The third-order valence-corrected chi connectivity index (χ3v) is 5.03. The predicted molar refractivity (Wildman–Crippen MR) is 107 cm³/mol. The molecule has 0 radical (unpaired) electrons. The molecule has 0 amide bonds. The Morgan fingerprint density at radius 3 is 1.90 bits per heavy atom. The highest BCUT2D eigenvalue weighted by Crippen LogP contribution is 2.38. The summed E-state index contributed by atoms with van der Waals surface area (Å²) in [6.07, 6.45) is -5.76. The zero-order valence-corrected chi connectivity index (χ0v) is 18.3. The number of carbonyl (C=O) groups is 3. The second-order valence-corrected chi connectivity index (χ2v) is 8.08. The third-order valence-electron chi connectivity index (χ3n) is 3.79. The SMILES string of the molecule is Cc1c(C(=O)OC(C)C)sc(C(=O)OC(C)C)c1OC(=O)c1ccccc1C(F)(F)F. The van der Waals surface area contributed by atoms with E-state index in [1.54, 1.807) is 27.7 Å². The largest absolute Gasteiger partial charge is 0.459 e. The molecule has 2 rings (SSSR count). The van der Waals surface area contributed by atoms with Gasteiger partial charge >= 0.3 is 24.1 Å². The fourth-order valence-electron chi connectivity index (χ4n) is 2.54. The highest BCUT2D eigenvalue weighted by Gasteiger charge is 2.36. The molecule has 1 aromatic carbocycles. The zero-order chi connectivity index (χ0) is 23.5. The lowest BCUT2D eigenvalue weighted by Crippen LogP contribution is -2.18. The van der Waals surface area contributed by atoms with Crippen LogP contribution in [0.15, 0.2) is 24.3 Å². The molecule has 0 atom stereocenters. The number of halogens is 3. The van der Waals surface area contributed by atoms with E-state index in [9.17, 15) is 27.6 Å². The van der Waals surface area contributed by atoms with Gasteiger partial charge in [0.05, 0.1) is 23.3 Å². The van der Waals surface area contributed by atoms with Crippen LogP contribution in [0.5, 0.6) is 5.75 Å². The van der Waals surface area contributed by atoms with E-state index in [1.165, 1.54) is 13.0 Å². The van der Waals surface area contributed by atoms with Crippen LogP contribution in [0.3, 0.4) is 0 Å². The number of rotatable bonds is 6. The van der Waals surface area contributed by atoms with Crippen LogP contribution in [0.25, 0.3) is 0 Å². The van der Waals surface area contributed by atoms with Crippen LogP contribution in [-0.4, -0.2) is 30.1 Å². The standard InChI is InChI=1S/C21H21F3O6S/c1-10(2)28-19(26)16-12(5)15(17(31-16)20(27)29-11(3)4)30-18(25)13-8-6-7-9-14(13)21(22,23)24/h6-11H,1-5H3. The van der Waals surface area contributed by atoms with Gasteiger partial charge in [-0.1, -0.05) is 12.1 Å². The lowest BCUT2D eigenvalue weighted by atomic mass is 10.1. The Balaban J connectivity index is 2.52. The fourth-order valence-corrected chi connectivity index (χ4v) is 3.54. The molecular formula is C21H21F3O6S. The van der Waals surface area contributed by atoms with E-state index in [2.05, 4.69) is 0 Å². The number of alkyl halides is 3. The van der Waals surface area contributed by atoms with Crippen molar-refractivity contribution < 1.29 is 41.8 Å². The number of hydrogen-bond acceptors (Lipinski definition) is 7. The minimum atomic E-state index is -4.79. The topological polar surface area (TPSA) is 78.9 Å². The number of hydrogen-bond donors (Lipinski definition) is 0. The van der Waals surface area contributed by atoms with Crippen molar-refractivity contribution in [2.75, 3.05) is 0 Å². The molecule has 1 aromatic heterocycles. The first-order valence-electron chi connectivity index (χ1n) is 9.26. The van der Waals surface area contributed by atoms with Gasteiger partial charge in [-0.05, 0) is 46.8 Å². The van der Waals surface area contributed by atoms with Gasteiger partial charge in [0.1, 0.15) is 4.88 Å². The van der Waals surface area contributed by atoms with Crippen molar-refractivity contribution in [1.82, 2.24) is 0 Å². The molecule has 168 valence electrons. The minimum Gasteiger partial charge on any atom is -0.459 e. The fraction of sp³-hybridized carbons (Fsp3) is 0.381. The van der Waals surface area contributed by atoms with Gasteiger partial charge in [-0.15, -0.1) is 11.3 Å². The molecule has 0 fully saturated rings. The first-order valence-corrected chi connectivity index (χ1v) is 10.1. The quantitative estimate of drug-likeness (QED) is 0.538. The van der Waals surface area contributed by atoms with Gasteiger partial charge in [0.25, 0.3) is 0 Å². The molecule has 2 aromatic rings. The maximum Gasteiger partial charge on any atom is 0.417 e. The van der Waals surface area contributed by atoms with E-state index < -0.39 is 47.4 Å². The van der Waals surface area contributed by atoms with E-state index >= 15 is 0 Å². The van der Waals surface area contributed by atoms with Crippen molar-refractivity contribution in [2.24, 2.45) is 0 Å². The van der Waals surface area contributed by atoms with Crippen molar-refractivity contribution >= 4 is 29.2 Å². The van der Waals surface area contributed by atoms with Crippen LogP contribution >= 0.6 is 11.3 Å². The van der Waals surface area contributed by atoms with Gasteiger partial charge in [0.2, 0.25) is 0 Å². The predicted octanol–water partition coefficient (Wildman–Crippen LogP) is 5.42. The summed E-state index contributed by atoms with van der Waals surface area (Å²) >= 11 is 0.685. The number of ether oxygens (including phenoxy) is 3. The van der Waals surface area contributed by atoms with Crippen LogP contribution < -0.4 is 4.74 Å². The number of benzene rings is 1. The molecule has 0 unspecified atom stereocenters. The molecule has 0 aliphatic rings. The Kier molecular flexibility index (Phi) is 7.48. The Hall–Kier alpha value is -2.88. The smallest absolute Gasteiger partial charge is 0.417 e. The number of esters is 3. The van der Waals surface area contributed by atoms with Crippen molar-refractivity contribution in [3.8, 4) is 5.75 Å². The van der Waals surface area contributed by atoms with Crippen molar-refractivity contribution in [3.63, 3.8) is 0 Å². The summed E-state index contributed by atoms with van der Waals surface area (Å²) in [7, 11) is 0. The van der Waals surface area contributed by atoms with Gasteiger partial charge in [-0.3, -0.25) is 0 Å². The summed E-state index contributed by atoms with van der Waals surface area (Å²) in [5.41, 5.74) is -1.82. The summed E-state index contributed by atoms with van der Waals surface area (Å²) in [4.78, 5) is 37.2. The molecule has 0 saturated carbocycles. The Morgan fingerprint density at radius 2 is 1.39 bits per heavy atom. The van der Waals surface area contributed by atoms with Gasteiger partial charge < -0.3 is 14.2 Å². The second kappa shape index (κ2) is 9.51. The molecule has 0 spiro atoms. The van der Waals surface area contributed by atoms with Gasteiger partial charge in [-0.2, -0.15) is 13.2 Å². The van der Waals surface area contributed by atoms with E-state index in [4.69, 9.17) is 14.2 Å². The summed E-state index contributed by atoms with van der Waals surface area (Å²) in [6.45, 7) is 7.85. The summed E-state index contributed by atoms with van der Waals surface area (Å²) < 4.78 is 55.3. The lowest BCUT2D eigenvalue weighted by Gasteiger charge is -2.13. The minimum absolute atomic E-state index is 0.0173. The second-order valence-electron chi connectivity index (χ2n) is 7.06. The van der Waals surface area contributed by atoms with Crippen LogP contribution in [0.4, 0.5) is 13.2 Å². The summed E-state index contributed by atoms with van der Waals surface area (Å²) in [5, 5.41) is 0. The normalized spacial score (nSPS) is 11.5. The summed E-state index contributed by atoms with van der Waals surface area (Å²) in [6, 6.07) is 4.11. The van der Waals surface area contributed by atoms with Gasteiger partial charge in [0.15, 0.2) is 10.6 Å². The monoisotopic (exact) mass is 458 g/mol. The van der Waals surface area contributed by atoms with Crippen LogP contribution in [0.1, 0.15) is 68.5 Å². The molecule has 0 N–H and O–H groups in total. The molecule has 1 heterocycles. The van der Waals surface area contributed by atoms with Crippen LogP contribution in [-0.2, 0) is 15.7 Å². The zero-order valence-electron chi connectivity index (χ0n) is 17.5. The molecule has 0 saturated heterocycles. The van der Waals surface area contributed by atoms with E-state index in [0.717, 1.165) is 18.2 Å². The van der Waals surface area contributed by atoms with E-state index in [1.807, 2.05) is 0 Å². The number of thiophene rings is 1. The Bertz CT molecular complexity index is 991.